The van der Waals surface area contributed by atoms with Crippen molar-refractivity contribution in [3.63, 3.8) is 0 Å². The van der Waals surface area contributed by atoms with Crippen LogP contribution in [0.5, 0.6) is 0 Å². The molecule has 0 bridgehead atoms. The van der Waals surface area contributed by atoms with Crippen molar-refractivity contribution in [3.05, 3.63) is 41.5 Å². The van der Waals surface area contributed by atoms with E-state index in [1.165, 1.54) is 25.7 Å². The van der Waals surface area contributed by atoms with Crippen molar-refractivity contribution in [1.82, 2.24) is 0 Å². The molecule has 0 amide bonds. The van der Waals surface area contributed by atoms with E-state index in [0.717, 1.165) is 30.7 Å². The molecule has 0 saturated carbocycles. The summed E-state index contributed by atoms with van der Waals surface area (Å²) in [5.41, 5.74) is 1.74. The fourth-order valence-electron chi connectivity index (χ4n) is 4.04. The normalized spacial score (nSPS) is 30.5. The largest absolute Gasteiger partial charge is 0.416 e. The van der Waals surface area contributed by atoms with Gasteiger partial charge in [0.15, 0.2) is 6.23 Å². The van der Waals surface area contributed by atoms with Crippen LogP contribution in [-0.2, 0) is 10.9 Å². The molecule has 1 aromatic rings. The average molecular weight is 383 g/mol. The van der Waals surface area contributed by atoms with Gasteiger partial charge in [-0.1, -0.05) is 31.4 Å². The zero-order valence-electron chi connectivity index (χ0n) is 14.8. The van der Waals surface area contributed by atoms with Gasteiger partial charge in [0.05, 0.1) is 5.56 Å². The summed E-state index contributed by atoms with van der Waals surface area (Å²) in [4.78, 5) is 0. The number of hydrogen-bond acceptors (Lipinski definition) is 3. The van der Waals surface area contributed by atoms with Gasteiger partial charge in [-0.05, 0) is 61.9 Å². The highest BCUT2D eigenvalue weighted by Gasteiger charge is 2.56. The molecule has 0 spiro atoms. The molecule has 4 atom stereocenters. The summed E-state index contributed by atoms with van der Waals surface area (Å²) in [5, 5.41) is 0.461. The molecule has 26 heavy (non-hydrogen) atoms. The first-order valence-corrected chi connectivity index (χ1v) is 10.3. The molecular formula is C20H24F3NOS. The number of benzene rings is 1. The van der Waals surface area contributed by atoms with Gasteiger partial charge < -0.3 is 4.74 Å². The number of halogens is 3. The second-order valence-electron chi connectivity index (χ2n) is 7.43. The molecule has 2 saturated heterocycles. The molecule has 2 fully saturated rings. The first-order valence-electron chi connectivity index (χ1n) is 9.44. The number of allylic oxidation sites excluding steroid dienone is 2. The monoisotopic (exact) mass is 383 g/mol. The molecule has 0 radical (unpaired) electrons. The smallest absolute Gasteiger partial charge is 0.346 e. The molecule has 2 nitrogen and oxygen atoms in total. The number of fused-ring (bicyclic) bond motifs is 3. The van der Waals surface area contributed by atoms with E-state index in [1.54, 1.807) is 29.7 Å². The Morgan fingerprint density at radius 3 is 2.65 bits per heavy atom. The van der Waals surface area contributed by atoms with Gasteiger partial charge in [0.1, 0.15) is 6.10 Å². The van der Waals surface area contributed by atoms with Crippen LogP contribution in [0.4, 0.5) is 18.9 Å². The highest BCUT2D eigenvalue weighted by atomic mass is 32.2. The molecule has 4 rings (SSSR count). The predicted octanol–water partition coefficient (Wildman–Crippen LogP) is 6.18. The second kappa shape index (κ2) is 7.12. The van der Waals surface area contributed by atoms with E-state index in [9.17, 15) is 13.2 Å². The van der Waals surface area contributed by atoms with Crippen molar-refractivity contribution in [1.29, 1.82) is 0 Å². The SMILES string of the molecule is CCCCCC1=CCC2C(C1)SN(c1ccc(C(F)(F)F)cc1)C1OC21. The fourth-order valence-corrected chi connectivity index (χ4v) is 5.58. The molecule has 6 heteroatoms. The summed E-state index contributed by atoms with van der Waals surface area (Å²) in [6.45, 7) is 2.22. The Labute approximate surface area is 156 Å². The molecule has 0 N–H and O–H groups in total. The molecule has 2 aliphatic heterocycles. The lowest BCUT2D eigenvalue weighted by Crippen LogP contribution is -2.39. The lowest BCUT2D eigenvalue weighted by molar-refractivity contribution is -0.137. The summed E-state index contributed by atoms with van der Waals surface area (Å²) in [6, 6.07) is 5.46. The third-order valence-electron chi connectivity index (χ3n) is 5.57. The van der Waals surface area contributed by atoms with E-state index < -0.39 is 11.7 Å². The van der Waals surface area contributed by atoms with Gasteiger partial charge >= 0.3 is 6.18 Å². The second-order valence-corrected chi connectivity index (χ2v) is 8.64. The van der Waals surface area contributed by atoms with Gasteiger partial charge in [-0.25, -0.2) is 0 Å². The maximum Gasteiger partial charge on any atom is 0.416 e. The number of anilines is 1. The van der Waals surface area contributed by atoms with E-state index >= 15 is 0 Å². The average Bonchev–Trinajstić information content (AvgIpc) is 3.41. The molecule has 2 heterocycles. The maximum absolute atomic E-state index is 12.8. The number of hydrogen-bond donors (Lipinski definition) is 0. The van der Waals surface area contributed by atoms with Crippen LogP contribution < -0.4 is 4.31 Å². The zero-order valence-corrected chi connectivity index (χ0v) is 15.7. The number of unbranched alkanes of at least 4 members (excludes halogenated alkanes) is 2. The first kappa shape index (κ1) is 18.2. The number of rotatable bonds is 5. The van der Waals surface area contributed by atoms with Crippen molar-refractivity contribution in [3.8, 4) is 0 Å². The fraction of sp³-hybridized carbons (Fsp3) is 0.600. The Kier molecular flexibility index (Phi) is 4.99. The van der Waals surface area contributed by atoms with E-state index in [1.807, 2.05) is 0 Å². The summed E-state index contributed by atoms with van der Waals surface area (Å²) in [5.74, 6) is 0.533. The molecule has 142 valence electrons. The van der Waals surface area contributed by atoms with Crippen LogP contribution in [0.15, 0.2) is 35.9 Å². The van der Waals surface area contributed by atoms with Crippen LogP contribution in [0.3, 0.4) is 0 Å². The Balaban J connectivity index is 1.44. The van der Waals surface area contributed by atoms with Gasteiger partial charge in [0, 0.05) is 16.9 Å². The van der Waals surface area contributed by atoms with Crippen LogP contribution in [0, 0.1) is 5.92 Å². The van der Waals surface area contributed by atoms with Crippen molar-refractivity contribution in [2.24, 2.45) is 5.92 Å². The van der Waals surface area contributed by atoms with Crippen LogP contribution in [0.25, 0.3) is 0 Å². The predicted molar refractivity (Wildman–Crippen MR) is 98.9 cm³/mol. The molecular weight excluding hydrogens is 359 g/mol. The van der Waals surface area contributed by atoms with Crippen molar-refractivity contribution < 1.29 is 17.9 Å². The standard InChI is InChI=1S/C20H24F3NOS/c1-2-3-4-5-13-6-11-16-17(12-13)26-24(19-18(16)25-19)15-9-7-14(8-10-15)20(21,22)23/h6-10,16-19H,2-5,11-12H2,1H3. The molecule has 4 unspecified atom stereocenters. The molecule has 0 aromatic heterocycles. The minimum absolute atomic E-state index is 0.00743. The molecule has 1 aromatic carbocycles. The highest BCUT2D eigenvalue weighted by molar-refractivity contribution is 8.01. The summed E-state index contributed by atoms with van der Waals surface area (Å²) in [6.07, 6.45) is 5.40. The number of nitrogens with zero attached hydrogens (tertiary/aromatic N) is 1. The number of alkyl halides is 3. The number of epoxide rings is 1. The van der Waals surface area contributed by atoms with Crippen LogP contribution >= 0.6 is 11.9 Å². The Morgan fingerprint density at radius 2 is 1.96 bits per heavy atom. The maximum atomic E-state index is 12.8. The van der Waals surface area contributed by atoms with E-state index in [2.05, 4.69) is 17.3 Å². The Morgan fingerprint density at radius 1 is 1.19 bits per heavy atom. The summed E-state index contributed by atoms with van der Waals surface area (Å²) >= 11 is 1.76. The van der Waals surface area contributed by atoms with E-state index in [0.29, 0.717) is 11.2 Å². The van der Waals surface area contributed by atoms with E-state index in [4.69, 9.17) is 4.74 Å². The Hall–Kier alpha value is -1.14. The lowest BCUT2D eigenvalue weighted by Gasteiger charge is -2.38. The van der Waals surface area contributed by atoms with Gasteiger partial charge in [0.2, 0.25) is 0 Å². The van der Waals surface area contributed by atoms with Crippen LogP contribution in [-0.4, -0.2) is 17.6 Å². The summed E-state index contributed by atoms with van der Waals surface area (Å²) in [7, 11) is 0. The zero-order chi connectivity index (χ0) is 18.3. The third-order valence-corrected chi connectivity index (χ3v) is 7.01. The van der Waals surface area contributed by atoms with E-state index in [-0.39, 0.29) is 12.3 Å². The highest BCUT2D eigenvalue weighted by Crippen LogP contribution is 2.53. The third kappa shape index (κ3) is 3.63. The quantitative estimate of drug-likeness (QED) is 0.261. The minimum atomic E-state index is -4.29. The number of ether oxygens (including phenoxy) is 1. The molecule has 1 aliphatic carbocycles. The minimum Gasteiger partial charge on any atom is -0.346 e. The van der Waals surface area contributed by atoms with Crippen molar-refractivity contribution >= 4 is 17.6 Å². The van der Waals surface area contributed by atoms with Crippen molar-refractivity contribution in [2.45, 2.75) is 69.2 Å². The van der Waals surface area contributed by atoms with Crippen LogP contribution in [0.1, 0.15) is 51.0 Å². The Bertz CT molecular complexity index is 673. The van der Waals surface area contributed by atoms with Gasteiger partial charge in [-0.3, -0.25) is 4.31 Å². The first-order chi connectivity index (χ1) is 12.5. The van der Waals surface area contributed by atoms with Gasteiger partial charge in [-0.2, -0.15) is 13.2 Å². The topological polar surface area (TPSA) is 15.8 Å². The molecule has 3 aliphatic rings. The van der Waals surface area contributed by atoms with Crippen LogP contribution in [0.2, 0.25) is 0 Å². The van der Waals surface area contributed by atoms with Crippen molar-refractivity contribution in [2.75, 3.05) is 4.31 Å². The van der Waals surface area contributed by atoms with Gasteiger partial charge in [-0.15, -0.1) is 0 Å². The van der Waals surface area contributed by atoms with Gasteiger partial charge in [0.25, 0.3) is 0 Å². The summed E-state index contributed by atoms with van der Waals surface area (Å²) < 4.78 is 46.3. The lowest BCUT2D eigenvalue weighted by atomic mass is 9.84.